The summed E-state index contributed by atoms with van der Waals surface area (Å²) in [6.07, 6.45) is 7.06. The summed E-state index contributed by atoms with van der Waals surface area (Å²) in [5, 5.41) is 0.660. The summed E-state index contributed by atoms with van der Waals surface area (Å²) >= 11 is 10.1. The maximum atomic E-state index is 6.64. The lowest BCUT2D eigenvalue weighted by atomic mass is 9.91. The van der Waals surface area contributed by atoms with Crippen LogP contribution in [0.4, 0.5) is 5.82 Å². The Labute approximate surface area is 181 Å². The van der Waals surface area contributed by atoms with Gasteiger partial charge in [-0.25, -0.2) is 9.97 Å². The molecule has 0 aliphatic carbocycles. The van der Waals surface area contributed by atoms with E-state index in [1.54, 1.807) is 19.5 Å². The Morgan fingerprint density at radius 3 is 2.79 bits per heavy atom. The van der Waals surface area contributed by atoms with Crippen molar-refractivity contribution in [2.24, 2.45) is 0 Å². The van der Waals surface area contributed by atoms with Crippen molar-refractivity contribution < 1.29 is 4.74 Å². The van der Waals surface area contributed by atoms with Gasteiger partial charge in [-0.15, -0.1) is 0 Å². The summed E-state index contributed by atoms with van der Waals surface area (Å²) in [5.74, 6) is 1.84. The van der Waals surface area contributed by atoms with Crippen LogP contribution in [0.2, 0.25) is 5.02 Å². The number of nitrogen functional groups attached to an aromatic ring is 1. The quantitative estimate of drug-likeness (QED) is 0.438. The minimum atomic E-state index is -0.126. The molecule has 0 amide bonds. The molecule has 8 heteroatoms. The lowest BCUT2D eigenvalue weighted by Crippen LogP contribution is -2.07. The van der Waals surface area contributed by atoms with Crippen molar-refractivity contribution >= 4 is 38.9 Å². The summed E-state index contributed by atoms with van der Waals surface area (Å²) in [7, 11) is 1.67. The molecule has 29 heavy (non-hydrogen) atoms. The molecule has 1 atom stereocenters. The molecule has 2 N–H and O–H groups in total. The minimum Gasteiger partial charge on any atom is -0.496 e. The highest BCUT2D eigenvalue weighted by atomic mass is 79.9. The molecule has 0 aliphatic rings. The summed E-state index contributed by atoms with van der Waals surface area (Å²) in [4.78, 5) is 13.1. The highest BCUT2D eigenvalue weighted by Gasteiger charge is 2.25. The Kier molecular flexibility index (Phi) is 5.19. The number of anilines is 1. The molecular formula is C21H19BrClN5O. The SMILES string of the molecule is COc1c([C@H](C)c2nc(Br)c3c(N)nccn23)cc(Cl)c(C)c1-c1cccnc1. The topological polar surface area (TPSA) is 78.3 Å². The van der Waals surface area contributed by atoms with Crippen molar-refractivity contribution in [2.75, 3.05) is 12.8 Å². The molecule has 0 saturated carbocycles. The fourth-order valence-electron chi connectivity index (χ4n) is 3.63. The van der Waals surface area contributed by atoms with Gasteiger partial charge in [0.1, 0.15) is 21.7 Å². The predicted molar refractivity (Wildman–Crippen MR) is 119 cm³/mol. The van der Waals surface area contributed by atoms with E-state index in [9.17, 15) is 0 Å². The zero-order valence-corrected chi connectivity index (χ0v) is 18.5. The highest BCUT2D eigenvalue weighted by molar-refractivity contribution is 9.10. The first-order valence-electron chi connectivity index (χ1n) is 8.99. The van der Waals surface area contributed by atoms with Gasteiger partial charge in [0.2, 0.25) is 0 Å². The van der Waals surface area contributed by atoms with Gasteiger partial charge in [-0.3, -0.25) is 9.38 Å². The third kappa shape index (κ3) is 3.24. The van der Waals surface area contributed by atoms with Gasteiger partial charge in [0.05, 0.1) is 7.11 Å². The Balaban J connectivity index is 1.97. The molecule has 0 fully saturated rings. The van der Waals surface area contributed by atoms with Gasteiger partial charge in [0.15, 0.2) is 5.82 Å². The fourth-order valence-corrected chi connectivity index (χ4v) is 4.42. The number of nitrogens with zero attached hydrogens (tertiary/aromatic N) is 4. The van der Waals surface area contributed by atoms with Crippen LogP contribution in [-0.2, 0) is 0 Å². The van der Waals surface area contributed by atoms with Crippen molar-refractivity contribution in [3.8, 4) is 16.9 Å². The van der Waals surface area contributed by atoms with Gasteiger partial charge in [0.25, 0.3) is 0 Å². The van der Waals surface area contributed by atoms with Crippen LogP contribution in [0, 0.1) is 6.92 Å². The number of ether oxygens (including phenoxy) is 1. The molecule has 4 rings (SSSR count). The van der Waals surface area contributed by atoms with E-state index in [0.717, 1.165) is 39.3 Å². The number of hydrogen-bond acceptors (Lipinski definition) is 5. The number of imidazole rings is 1. The first-order valence-corrected chi connectivity index (χ1v) is 10.2. The summed E-state index contributed by atoms with van der Waals surface area (Å²) in [6.45, 7) is 4.05. The predicted octanol–water partition coefficient (Wildman–Crippen LogP) is 5.26. The zero-order valence-electron chi connectivity index (χ0n) is 16.1. The van der Waals surface area contributed by atoms with Crippen molar-refractivity contribution in [1.29, 1.82) is 0 Å². The van der Waals surface area contributed by atoms with Gasteiger partial charge >= 0.3 is 0 Å². The van der Waals surface area contributed by atoms with Crippen molar-refractivity contribution in [3.63, 3.8) is 0 Å². The van der Waals surface area contributed by atoms with Crippen LogP contribution in [-0.4, -0.2) is 26.5 Å². The second kappa shape index (κ2) is 7.65. The molecule has 0 unspecified atom stereocenters. The lowest BCUT2D eigenvalue weighted by molar-refractivity contribution is 0.409. The maximum Gasteiger partial charge on any atom is 0.150 e. The number of rotatable bonds is 4. The molecule has 4 aromatic rings. The number of benzene rings is 1. The Hall–Kier alpha value is -2.64. The van der Waals surface area contributed by atoms with E-state index in [4.69, 9.17) is 27.1 Å². The molecule has 0 aliphatic heterocycles. The third-order valence-electron chi connectivity index (χ3n) is 5.08. The van der Waals surface area contributed by atoms with Gasteiger partial charge in [0, 0.05) is 52.4 Å². The number of pyridine rings is 1. The van der Waals surface area contributed by atoms with Crippen LogP contribution in [0.5, 0.6) is 5.75 Å². The monoisotopic (exact) mass is 471 g/mol. The summed E-state index contributed by atoms with van der Waals surface area (Å²) < 4.78 is 8.47. The van der Waals surface area contributed by atoms with Crippen molar-refractivity contribution in [2.45, 2.75) is 19.8 Å². The molecule has 0 saturated heterocycles. The Morgan fingerprint density at radius 1 is 1.31 bits per heavy atom. The number of aromatic nitrogens is 4. The van der Waals surface area contributed by atoms with E-state index in [-0.39, 0.29) is 5.92 Å². The number of nitrogens with two attached hydrogens (primary N) is 1. The number of hydrogen-bond donors (Lipinski definition) is 1. The molecule has 148 valence electrons. The third-order valence-corrected chi connectivity index (χ3v) is 6.03. The van der Waals surface area contributed by atoms with Crippen LogP contribution in [0.15, 0.2) is 47.6 Å². The van der Waals surface area contributed by atoms with Crippen LogP contribution < -0.4 is 10.5 Å². The minimum absolute atomic E-state index is 0.126. The van der Waals surface area contributed by atoms with Crippen LogP contribution in [0.25, 0.3) is 16.6 Å². The largest absolute Gasteiger partial charge is 0.496 e. The molecule has 1 aromatic carbocycles. The molecule has 0 bridgehead atoms. The second-order valence-electron chi connectivity index (χ2n) is 6.74. The maximum absolute atomic E-state index is 6.64. The van der Waals surface area contributed by atoms with E-state index >= 15 is 0 Å². The summed E-state index contributed by atoms with van der Waals surface area (Å²) in [5.41, 5.74) is 10.5. The van der Waals surface area contributed by atoms with Crippen LogP contribution >= 0.6 is 27.5 Å². The zero-order chi connectivity index (χ0) is 20.7. The standard InChI is InChI=1S/C21H19BrClN5O/c1-11(21-27-19(22)17-20(24)26-7-8-28(17)21)14-9-15(23)12(2)16(18(14)29-3)13-5-4-6-25-10-13/h4-11H,1-3H3,(H2,24,26)/t11-/m0/s1. The van der Waals surface area contributed by atoms with Gasteiger partial charge in [-0.05, 0) is 40.5 Å². The van der Waals surface area contributed by atoms with E-state index in [1.807, 2.05) is 41.9 Å². The number of methoxy groups -OCH3 is 1. The van der Waals surface area contributed by atoms with E-state index in [1.165, 1.54) is 0 Å². The fraction of sp³-hybridized carbons (Fsp3) is 0.190. The molecule has 3 heterocycles. The van der Waals surface area contributed by atoms with Crippen LogP contribution in [0.3, 0.4) is 0 Å². The smallest absolute Gasteiger partial charge is 0.150 e. The Morgan fingerprint density at radius 2 is 2.10 bits per heavy atom. The van der Waals surface area contributed by atoms with E-state index in [2.05, 4.69) is 32.8 Å². The first kappa shape index (κ1) is 19.7. The van der Waals surface area contributed by atoms with Gasteiger partial charge in [-0.1, -0.05) is 24.6 Å². The summed E-state index contributed by atoms with van der Waals surface area (Å²) in [6, 6.07) is 5.84. The molecule has 0 spiro atoms. The van der Waals surface area contributed by atoms with E-state index in [0.29, 0.717) is 15.4 Å². The second-order valence-corrected chi connectivity index (χ2v) is 7.89. The molecular weight excluding hydrogens is 454 g/mol. The van der Waals surface area contributed by atoms with Crippen LogP contribution in [0.1, 0.15) is 29.8 Å². The Bertz CT molecular complexity index is 1210. The number of fused-ring (bicyclic) bond motifs is 1. The average Bonchev–Trinajstić information content (AvgIpc) is 3.07. The normalized spacial score (nSPS) is 12.3. The average molecular weight is 473 g/mol. The van der Waals surface area contributed by atoms with E-state index < -0.39 is 0 Å². The molecule has 6 nitrogen and oxygen atoms in total. The van der Waals surface area contributed by atoms with Crippen molar-refractivity contribution in [1.82, 2.24) is 19.4 Å². The van der Waals surface area contributed by atoms with Crippen molar-refractivity contribution in [3.05, 3.63) is 69.6 Å². The molecule has 3 aromatic heterocycles. The highest BCUT2D eigenvalue weighted by Crippen LogP contribution is 2.44. The van der Waals surface area contributed by atoms with Gasteiger partial charge in [-0.2, -0.15) is 0 Å². The number of halogens is 2. The van der Waals surface area contributed by atoms with Gasteiger partial charge < -0.3 is 10.5 Å². The first-order chi connectivity index (χ1) is 13.9. The molecule has 0 radical (unpaired) electrons. The lowest BCUT2D eigenvalue weighted by Gasteiger charge is -2.21.